The van der Waals surface area contributed by atoms with Crippen LogP contribution in [-0.2, 0) is 4.79 Å². The first kappa shape index (κ1) is 14.2. The van der Waals surface area contributed by atoms with Crippen molar-refractivity contribution in [2.45, 2.75) is 6.04 Å². The maximum absolute atomic E-state index is 11.8. The van der Waals surface area contributed by atoms with Gasteiger partial charge in [-0.3, -0.25) is 10.1 Å². The number of rotatable bonds is 3. The maximum Gasteiger partial charge on any atom is 0.242 e. The van der Waals surface area contributed by atoms with Crippen molar-refractivity contribution >= 4 is 35.8 Å². The standard InChI is InChI=1S/C11H14N2O2S.ClH/c1-15-9-4-2-8(3-5-9)13-11(14)10-6-16-7-12-10;/h2-5,10,12H,6-7H2,1H3,(H,13,14);1H. The van der Waals surface area contributed by atoms with Gasteiger partial charge in [-0.15, -0.1) is 24.2 Å². The zero-order valence-electron chi connectivity index (χ0n) is 9.43. The summed E-state index contributed by atoms with van der Waals surface area (Å²) in [6.45, 7) is 0. The van der Waals surface area contributed by atoms with Gasteiger partial charge < -0.3 is 10.1 Å². The molecule has 0 saturated carbocycles. The number of benzene rings is 1. The van der Waals surface area contributed by atoms with Crippen LogP contribution in [0.2, 0.25) is 0 Å². The van der Waals surface area contributed by atoms with E-state index >= 15 is 0 Å². The Kier molecular flexibility index (Phi) is 5.61. The third-order valence-corrected chi connectivity index (χ3v) is 3.33. The molecule has 6 heteroatoms. The molecule has 0 spiro atoms. The number of carbonyl (C=O) groups excluding carboxylic acids is 1. The average molecular weight is 275 g/mol. The Labute approximate surface area is 111 Å². The molecule has 1 aliphatic rings. The second-order valence-corrected chi connectivity index (χ2v) is 4.52. The van der Waals surface area contributed by atoms with Crippen molar-refractivity contribution in [2.75, 3.05) is 24.1 Å². The van der Waals surface area contributed by atoms with Crippen molar-refractivity contribution in [3.05, 3.63) is 24.3 Å². The van der Waals surface area contributed by atoms with Crippen LogP contribution in [-0.4, -0.2) is 30.7 Å². The van der Waals surface area contributed by atoms with Crippen LogP contribution >= 0.6 is 24.2 Å². The van der Waals surface area contributed by atoms with Crippen LogP contribution in [0.3, 0.4) is 0 Å². The number of nitrogens with one attached hydrogen (secondary N) is 2. The van der Waals surface area contributed by atoms with Gasteiger partial charge in [-0.25, -0.2) is 0 Å². The second-order valence-electron chi connectivity index (χ2n) is 3.49. The molecule has 0 bridgehead atoms. The van der Waals surface area contributed by atoms with Crippen LogP contribution in [0.15, 0.2) is 24.3 Å². The lowest BCUT2D eigenvalue weighted by atomic mass is 10.2. The van der Waals surface area contributed by atoms with Crippen LogP contribution in [0.1, 0.15) is 0 Å². The predicted octanol–water partition coefficient (Wildman–Crippen LogP) is 1.72. The molecule has 17 heavy (non-hydrogen) atoms. The van der Waals surface area contributed by atoms with Crippen LogP contribution in [0.25, 0.3) is 0 Å². The fourth-order valence-electron chi connectivity index (χ4n) is 1.47. The Hall–Kier alpha value is -0.910. The van der Waals surface area contributed by atoms with Crippen molar-refractivity contribution in [1.29, 1.82) is 0 Å². The lowest BCUT2D eigenvalue weighted by molar-refractivity contribution is -0.117. The summed E-state index contributed by atoms with van der Waals surface area (Å²) in [4.78, 5) is 11.8. The number of thioether (sulfide) groups is 1. The molecule has 1 saturated heterocycles. The van der Waals surface area contributed by atoms with Gasteiger partial charge >= 0.3 is 0 Å². The minimum absolute atomic E-state index is 0. The molecule has 1 aromatic carbocycles. The van der Waals surface area contributed by atoms with Gasteiger partial charge in [-0.2, -0.15) is 0 Å². The Balaban J connectivity index is 0.00000144. The van der Waals surface area contributed by atoms with Crippen LogP contribution < -0.4 is 15.4 Å². The number of halogens is 1. The summed E-state index contributed by atoms with van der Waals surface area (Å²) in [7, 11) is 1.62. The van der Waals surface area contributed by atoms with Gasteiger partial charge in [0, 0.05) is 17.3 Å². The molecule has 1 aromatic rings. The zero-order valence-corrected chi connectivity index (χ0v) is 11.1. The van der Waals surface area contributed by atoms with Crippen molar-refractivity contribution < 1.29 is 9.53 Å². The second kappa shape index (κ2) is 6.74. The highest BCUT2D eigenvalue weighted by Crippen LogP contribution is 2.16. The molecule has 1 aliphatic heterocycles. The number of amides is 1. The summed E-state index contributed by atoms with van der Waals surface area (Å²) in [5, 5.41) is 5.99. The molecule has 4 nitrogen and oxygen atoms in total. The summed E-state index contributed by atoms with van der Waals surface area (Å²) < 4.78 is 5.05. The SMILES string of the molecule is COc1ccc(NC(=O)C2CSCN2)cc1.Cl. The molecule has 1 heterocycles. The number of anilines is 1. The van der Waals surface area contributed by atoms with Gasteiger partial charge in [-0.05, 0) is 24.3 Å². The fraction of sp³-hybridized carbons (Fsp3) is 0.364. The van der Waals surface area contributed by atoms with E-state index in [-0.39, 0.29) is 24.4 Å². The molecule has 1 amide bonds. The number of hydrogen-bond acceptors (Lipinski definition) is 4. The molecule has 1 fully saturated rings. The van der Waals surface area contributed by atoms with E-state index in [0.29, 0.717) is 0 Å². The topological polar surface area (TPSA) is 50.4 Å². The number of methoxy groups -OCH3 is 1. The Morgan fingerprint density at radius 3 is 2.71 bits per heavy atom. The first-order valence-electron chi connectivity index (χ1n) is 5.05. The number of ether oxygens (including phenoxy) is 1. The Bertz CT molecular complexity index is 366. The lowest BCUT2D eigenvalue weighted by Crippen LogP contribution is -2.37. The summed E-state index contributed by atoms with van der Waals surface area (Å²) in [5.41, 5.74) is 0.796. The van der Waals surface area contributed by atoms with E-state index in [4.69, 9.17) is 4.74 Å². The van der Waals surface area contributed by atoms with E-state index in [9.17, 15) is 4.79 Å². The van der Waals surface area contributed by atoms with Crippen molar-refractivity contribution in [3.8, 4) is 5.75 Å². The fourth-order valence-corrected chi connectivity index (χ4v) is 2.41. The number of hydrogen-bond donors (Lipinski definition) is 2. The smallest absolute Gasteiger partial charge is 0.242 e. The minimum atomic E-state index is -0.0768. The first-order chi connectivity index (χ1) is 7.79. The highest BCUT2D eigenvalue weighted by molar-refractivity contribution is 7.99. The molecule has 1 unspecified atom stereocenters. The third kappa shape index (κ3) is 3.80. The van der Waals surface area contributed by atoms with E-state index in [1.54, 1.807) is 18.9 Å². The molecule has 94 valence electrons. The molecule has 1 atom stereocenters. The molecule has 0 radical (unpaired) electrons. The Morgan fingerprint density at radius 2 is 2.18 bits per heavy atom. The van der Waals surface area contributed by atoms with E-state index in [1.165, 1.54) is 0 Å². The summed E-state index contributed by atoms with van der Waals surface area (Å²) in [6, 6.07) is 7.24. The van der Waals surface area contributed by atoms with Crippen LogP contribution in [0.4, 0.5) is 5.69 Å². The van der Waals surface area contributed by atoms with Gasteiger partial charge in [-0.1, -0.05) is 0 Å². The first-order valence-corrected chi connectivity index (χ1v) is 6.21. The quantitative estimate of drug-likeness (QED) is 0.881. The third-order valence-electron chi connectivity index (χ3n) is 2.39. The molecule has 0 aromatic heterocycles. The highest BCUT2D eigenvalue weighted by atomic mass is 35.5. The normalized spacial score (nSPS) is 18.3. The molecule has 2 N–H and O–H groups in total. The zero-order chi connectivity index (χ0) is 11.4. The average Bonchev–Trinajstić information content (AvgIpc) is 2.83. The van der Waals surface area contributed by atoms with Crippen molar-refractivity contribution in [3.63, 3.8) is 0 Å². The molecule has 0 aliphatic carbocycles. The van der Waals surface area contributed by atoms with Gasteiger partial charge in [0.1, 0.15) is 5.75 Å². The molecular weight excluding hydrogens is 260 g/mol. The summed E-state index contributed by atoms with van der Waals surface area (Å²) >= 11 is 1.74. The van der Waals surface area contributed by atoms with Gasteiger partial charge in [0.15, 0.2) is 0 Å². The largest absolute Gasteiger partial charge is 0.497 e. The van der Waals surface area contributed by atoms with Crippen molar-refractivity contribution in [2.24, 2.45) is 0 Å². The van der Waals surface area contributed by atoms with Crippen LogP contribution in [0.5, 0.6) is 5.75 Å². The monoisotopic (exact) mass is 274 g/mol. The number of carbonyl (C=O) groups is 1. The van der Waals surface area contributed by atoms with Gasteiger partial charge in [0.2, 0.25) is 5.91 Å². The van der Waals surface area contributed by atoms with Crippen molar-refractivity contribution in [1.82, 2.24) is 5.32 Å². The predicted molar refractivity (Wildman–Crippen MR) is 73.1 cm³/mol. The van der Waals surface area contributed by atoms with E-state index in [2.05, 4.69) is 10.6 Å². The summed E-state index contributed by atoms with van der Waals surface area (Å²) in [5.74, 6) is 2.49. The Morgan fingerprint density at radius 1 is 1.47 bits per heavy atom. The molecule has 2 rings (SSSR count). The minimum Gasteiger partial charge on any atom is -0.497 e. The van der Waals surface area contributed by atoms with E-state index < -0.39 is 0 Å². The lowest BCUT2D eigenvalue weighted by Gasteiger charge is -2.10. The highest BCUT2D eigenvalue weighted by Gasteiger charge is 2.22. The van der Waals surface area contributed by atoms with Gasteiger partial charge in [0.25, 0.3) is 0 Å². The molecular formula is C11H15ClN2O2S. The van der Waals surface area contributed by atoms with Gasteiger partial charge in [0.05, 0.1) is 13.2 Å². The van der Waals surface area contributed by atoms with E-state index in [0.717, 1.165) is 23.1 Å². The maximum atomic E-state index is 11.8. The summed E-state index contributed by atoms with van der Waals surface area (Å²) in [6.07, 6.45) is 0. The van der Waals surface area contributed by atoms with E-state index in [1.807, 2.05) is 24.3 Å². The van der Waals surface area contributed by atoms with Crippen LogP contribution in [0, 0.1) is 0 Å².